The van der Waals surface area contributed by atoms with Crippen LogP contribution in [0.3, 0.4) is 0 Å². The third kappa shape index (κ3) is 3.04. The van der Waals surface area contributed by atoms with Crippen molar-refractivity contribution in [1.82, 2.24) is 13.6 Å². The van der Waals surface area contributed by atoms with Crippen LogP contribution in [-0.4, -0.2) is 31.8 Å². The van der Waals surface area contributed by atoms with Crippen molar-refractivity contribution in [3.63, 3.8) is 0 Å². The summed E-state index contributed by atoms with van der Waals surface area (Å²) in [5.74, 6) is 0.557. The van der Waals surface area contributed by atoms with Crippen molar-refractivity contribution in [1.29, 1.82) is 0 Å². The van der Waals surface area contributed by atoms with Gasteiger partial charge in [-0.15, -0.1) is 0 Å². The van der Waals surface area contributed by atoms with E-state index in [1.54, 1.807) is 0 Å². The molecule has 1 fully saturated rings. The molecule has 2 aromatic carbocycles. The lowest BCUT2D eigenvalue weighted by Gasteiger charge is -2.20. The summed E-state index contributed by atoms with van der Waals surface area (Å²) < 4.78 is 8.49. The Bertz CT molecular complexity index is 831. The van der Waals surface area contributed by atoms with Crippen molar-refractivity contribution in [2.45, 2.75) is 12.3 Å². The lowest BCUT2D eigenvalue weighted by Crippen LogP contribution is -2.32. The van der Waals surface area contributed by atoms with Gasteiger partial charge in [-0.3, -0.25) is 0 Å². The highest BCUT2D eigenvalue weighted by atomic mass is 32.1. The molecule has 4 nitrogen and oxygen atoms in total. The zero-order valence-corrected chi connectivity index (χ0v) is 14.1. The minimum Gasteiger partial charge on any atom is -0.348 e. The van der Waals surface area contributed by atoms with E-state index in [9.17, 15) is 0 Å². The maximum absolute atomic E-state index is 5.58. The molecule has 1 aliphatic heterocycles. The predicted octanol–water partition coefficient (Wildman–Crippen LogP) is 3.88. The number of nitrogens with one attached hydrogen (secondary N) is 1. The summed E-state index contributed by atoms with van der Waals surface area (Å²) in [7, 11) is 0. The molecule has 1 N–H and O–H groups in total. The maximum Gasteiger partial charge on any atom is 0.173 e. The number of benzene rings is 2. The van der Waals surface area contributed by atoms with Crippen molar-refractivity contribution in [2.24, 2.45) is 0 Å². The van der Waals surface area contributed by atoms with Crippen molar-refractivity contribution in [2.75, 3.05) is 18.4 Å². The number of anilines is 1. The second-order valence-electron chi connectivity index (χ2n) is 5.74. The predicted molar refractivity (Wildman–Crippen MR) is 99.0 cm³/mol. The first-order valence-electron chi connectivity index (χ1n) is 7.63. The molecule has 0 radical (unpaired) electrons. The molecule has 0 bridgehead atoms. The summed E-state index contributed by atoms with van der Waals surface area (Å²) in [6.45, 7) is 1.96. The number of rotatable bonds is 2. The molecule has 4 rings (SSSR count). The highest BCUT2D eigenvalue weighted by Gasteiger charge is 2.25. The second kappa shape index (κ2) is 6.22. The Labute approximate surface area is 144 Å². The van der Waals surface area contributed by atoms with E-state index >= 15 is 0 Å². The lowest BCUT2D eigenvalue weighted by molar-refractivity contribution is 0.518. The fraction of sp³-hybridized carbons (Fsp3) is 0.235. The molecule has 0 aliphatic carbocycles. The first-order chi connectivity index (χ1) is 11.3. The molecule has 1 unspecified atom stereocenters. The van der Waals surface area contributed by atoms with Crippen molar-refractivity contribution in [3.8, 4) is 0 Å². The van der Waals surface area contributed by atoms with E-state index in [2.05, 4.69) is 49.3 Å². The molecule has 3 aromatic rings. The summed E-state index contributed by atoms with van der Waals surface area (Å²) in [5.41, 5.74) is 4.20. The normalized spacial score (nSPS) is 17.6. The Morgan fingerprint density at radius 3 is 2.83 bits per heavy atom. The highest BCUT2D eigenvalue weighted by molar-refractivity contribution is 7.80. The Balaban J connectivity index is 1.43. The van der Waals surface area contributed by atoms with E-state index in [1.807, 2.05) is 18.2 Å². The van der Waals surface area contributed by atoms with Gasteiger partial charge in [-0.2, -0.15) is 8.75 Å². The fourth-order valence-electron chi connectivity index (χ4n) is 3.00. The third-order valence-corrected chi connectivity index (χ3v) is 5.17. The van der Waals surface area contributed by atoms with E-state index in [0.717, 1.165) is 41.3 Å². The first-order valence-corrected chi connectivity index (χ1v) is 8.76. The highest BCUT2D eigenvalue weighted by Crippen LogP contribution is 2.27. The van der Waals surface area contributed by atoms with Crippen LogP contribution in [0.2, 0.25) is 0 Å². The minimum absolute atomic E-state index is 0.557. The summed E-state index contributed by atoms with van der Waals surface area (Å²) in [5, 5.41) is 4.12. The van der Waals surface area contributed by atoms with Crippen LogP contribution in [0.1, 0.15) is 17.9 Å². The summed E-state index contributed by atoms with van der Waals surface area (Å²) >= 11 is 6.81. The van der Waals surface area contributed by atoms with E-state index in [-0.39, 0.29) is 0 Å². The fourth-order valence-corrected chi connectivity index (χ4v) is 3.81. The van der Waals surface area contributed by atoms with Crippen LogP contribution in [-0.2, 0) is 0 Å². The largest absolute Gasteiger partial charge is 0.348 e. The standard InChI is InChI=1S/C17H16N4S2/c22-17(18-14-6-7-15-16(10-14)20-23-19-15)21-9-8-13(11-21)12-4-2-1-3-5-12/h1-7,10,13H,8-9,11H2,(H,18,22). The van der Waals surface area contributed by atoms with Gasteiger partial charge >= 0.3 is 0 Å². The molecule has 2 heterocycles. The SMILES string of the molecule is S=C(Nc1ccc2nsnc2c1)N1CCC(c2ccccc2)C1. The monoisotopic (exact) mass is 340 g/mol. The van der Waals surface area contributed by atoms with Gasteiger partial charge < -0.3 is 10.2 Å². The van der Waals surface area contributed by atoms with Crippen molar-refractivity contribution < 1.29 is 0 Å². The van der Waals surface area contributed by atoms with E-state index in [1.165, 1.54) is 17.3 Å². The average molecular weight is 340 g/mol. The molecule has 1 aromatic heterocycles. The van der Waals surface area contributed by atoms with Gasteiger partial charge in [-0.1, -0.05) is 30.3 Å². The Morgan fingerprint density at radius 1 is 1.13 bits per heavy atom. The van der Waals surface area contributed by atoms with Crippen LogP contribution in [0.4, 0.5) is 5.69 Å². The summed E-state index contributed by atoms with van der Waals surface area (Å²) in [6, 6.07) is 16.6. The zero-order valence-electron chi connectivity index (χ0n) is 12.5. The molecule has 1 aliphatic rings. The molecule has 0 spiro atoms. The van der Waals surface area contributed by atoms with E-state index in [0.29, 0.717) is 5.92 Å². The van der Waals surface area contributed by atoms with E-state index < -0.39 is 0 Å². The number of nitrogens with zero attached hydrogens (tertiary/aromatic N) is 3. The van der Waals surface area contributed by atoms with Gasteiger partial charge in [0.15, 0.2) is 5.11 Å². The van der Waals surface area contributed by atoms with Gasteiger partial charge in [-0.25, -0.2) is 0 Å². The number of fused-ring (bicyclic) bond motifs is 1. The Hall–Kier alpha value is -2.05. The smallest absolute Gasteiger partial charge is 0.173 e. The number of hydrogen-bond donors (Lipinski definition) is 1. The summed E-state index contributed by atoms with van der Waals surface area (Å²) in [6.07, 6.45) is 1.14. The van der Waals surface area contributed by atoms with Crippen molar-refractivity contribution >= 4 is 45.8 Å². The quantitative estimate of drug-likeness (QED) is 0.717. The van der Waals surface area contributed by atoms with Gasteiger partial charge in [0.05, 0.1) is 11.7 Å². The topological polar surface area (TPSA) is 41.1 Å². The Kier molecular flexibility index (Phi) is 3.93. The van der Waals surface area contributed by atoms with Gasteiger partial charge in [0, 0.05) is 24.7 Å². The molecular formula is C17H16N4S2. The lowest BCUT2D eigenvalue weighted by atomic mass is 9.99. The number of likely N-dealkylation sites (tertiary alicyclic amines) is 1. The van der Waals surface area contributed by atoms with E-state index in [4.69, 9.17) is 12.2 Å². The first kappa shape index (κ1) is 14.5. The van der Waals surface area contributed by atoms with Gasteiger partial charge in [0.1, 0.15) is 11.0 Å². The summed E-state index contributed by atoms with van der Waals surface area (Å²) in [4.78, 5) is 2.25. The molecule has 23 heavy (non-hydrogen) atoms. The molecule has 6 heteroatoms. The minimum atomic E-state index is 0.557. The second-order valence-corrected chi connectivity index (χ2v) is 6.66. The number of hydrogen-bond acceptors (Lipinski definition) is 4. The van der Waals surface area contributed by atoms with Crippen LogP contribution in [0, 0.1) is 0 Å². The zero-order chi connectivity index (χ0) is 15.6. The van der Waals surface area contributed by atoms with Crippen LogP contribution >= 0.6 is 23.9 Å². The van der Waals surface area contributed by atoms with Crippen molar-refractivity contribution in [3.05, 3.63) is 54.1 Å². The van der Waals surface area contributed by atoms with Crippen LogP contribution < -0.4 is 5.32 Å². The van der Waals surface area contributed by atoms with Crippen LogP contribution in [0.25, 0.3) is 11.0 Å². The average Bonchev–Trinajstić information content (AvgIpc) is 3.24. The van der Waals surface area contributed by atoms with Crippen LogP contribution in [0.15, 0.2) is 48.5 Å². The Morgan fingerprint density at radius 2 is 1.96 bits per heavy atom. The molecule has 116 valence electrons. The van der Waals surface area contributed by atoms with Gasteiger partial charge in [-0.05, 0) is 42.4 Å². The maximum atomic E-state index is 5.58. The molecule has 1 saturated heterocycles. The molecule has 0 amide bonds. The molecule has 0 saturated carbocycles. The van der Waals surface area contributed by atoms with Gasteiger partial charge in [0.2, 0.25) is 0 Å². The van der Waals surface area contributed by atoms with Gasteiger partial charge in [0.25, 0.3) is 0 Å². The molecule has 1 atom stereocenters. The number of thiocarbonyl (C=S) groups is 1. The van der Waals surface area contributed by atoms with Crippen LogP contribution in [0.5, 0.6) is 0 Å². The number of aromatic nitrogens is 2. The molecular weight excluding hydrogens is 324 g/mol. The third-order valence-electron chi connectivity index (χ3n) is 4.25.